The number of nitrogens with one attached hydrogen (secondary N) is 1. The predicted molar refractivity (Wildman–Crippen MR) is 109 cm³/mol. The maximum Gasteiger partial charge on any atom is 0.260 e. The van der Waals surface area contributed by atoms with Crippen LogP contribution in [0.4, 0.5) is 4.39 Å². The molecule has 1 unspecified atom stereocenters. The first-order chi connectivity index (χ1) is 14.3. The standard InChI is InChI=1S/C21H29FN2O5S/c1-30(26,27)23-17-5-3-11-24-18(17)12-28-15-9-7-14(8-10-15)21-16(22)4-2-6-19(21)29-13-20(24)25/h2,4,6,14-15,17-18,23H,3,5,7-13H2,1H3/t14?,15?,17?,18-/m0/s1. The monoisotopic (exact) mass is 440 g/mol. The van der Waals surface area contributed by atoms with Gasteiger partial charge in [0.05, 0.1) is 25.0 Å². The summed E-state index contributed by atoms with van der Waals surface area (Å²) in [4.78, 5) is 14.7. The van der Waals surface area contributed by atoms with Crippen LogP contribution in [0.3, 0.4) is 0 Å². The Hall–Kier alpha value is -1.71. The number of carbonyl (C=O) groups excluding carboxylic acids is 1. The Kier molecular flexibility index (Phi) is 6.31. The highest BCUT2D eigenvalue weighted by atomic mass is 32.2. The fraction of sp³-hybridized carbons (Fsp3) is 0.667. The molecule has 166 valence electrons. The van der Waals surface area contributed by atoms with Crippen LogP contribution in [0.25, 0.3) is 0 Å². The van der Waals surface area contributed by atoms with E-state index in [2.05, 4.69) is 4.72 Å². The van der Waals surface area contributed by atoms with Gasteiger partial charge in [-0.3, -0.25) is 4.79 Å². The lowest BCUT2D eigenvalue weighted by Gasteiger charge is -2.41. The Morgan fingerprint density at radius 3 is 2.67 bits per heavy atom. The first-order valence-corrected chi connectivity index (χ1v) is 12.5. The molecule has 30 heavy (non-hydrogen) atoms. The number of benzene rings is 1. The van der Waals surface area contributed by atoms with Gasteiger partial charge >= 0.3 is 0 Å². The van der Waals surface area contributed by atoms with E-state index in [-0.39, 0.29) is 37.0 Å². The highest BCUT2D eigenvalue weighted by Crippen LogP contribution is 2.40. The van der Waals surface area contributed by atoms with Gasteiger partial charge in [0, 0.05) is 18.2 Å². The number of nitrogens with zero attached hydrogens (tertiary/aromatic N) is 1. The molecule has 1 aromatic carbocycles. The van der Waals surface area contributed by atoms with Gasteiger partial charge in [0.15, 0.2) is 6.61 Å². The van der Waals surface area contributed by atoms with Crippen molar-refractivity contribution in [3.8, 4) is 5.75 Å². The van der Waals surface area contributed by atoms with Crippen molar-refractivity contribution in [3.05, 3.63) is 29.6 Å². The summed E-state index contributed by atoms with van der Waals surface area (Å²) in [5.74, 6) is -0.0802. The van der Waals surface area contributed by atoms with E-state index in [0.717, 1.165) is 31.9 Å². The zero-order valence-electron chi connectivity index (χ0n) is 17.2. The minimum Gasteiger partial charge on any atom is -0.483 e. The molecule has 7 nitrogen and oxygen atoms in total. The van der Waals surface area contributed by atoms with Gasteiger partial charge in [0.2, 0.25) is 10.0 Å². The summed E-state index contributed by atoms with van der Waals surface area (Å²) < 4.78 is 53.0. The molecule has 5 rings (SSSR count). The number of halogens is 1. The normalized spacial score (nSPS) is 30.3. The van der Waals surface area contributed by atoms with Crippen LogP contribution >= 0.6 is 0 Å². The molecule has 1 N–H and O–H groups in total. The summed E-state index contributed by atoms with van der Waals surface area (Å²) in [5.41, 5.74) is 0.551. The smallest absolute Gasteiger partial charge is 0.260 e. The molecule has 3 heterocycles. The van der Waals surface area contributed by atoms with Crippen molar-refractivity contribution in [2.75, 3.05) is 26.0 Å². The van der Waals surface area contributed by atoms with E-state index < -0.39 is 22.1 Å². The molecule has 1 aromatic rings. The maximum absolute atomic E-state index is 14.6. The van der Waals surface area contributed by atoms with Gasteiger partial charge in [-0.1, -0.05) is 6.07 Å². The van der Waals surface area contributed by atoms with Crippen molar-refractivity contribution in [1.82, 2.24) is 9.62 Å². The van der Waals surface area contributed by atoms with Gasteiger partial charge in [-0.05, 0) is 56.6 Å². The summed E-state index contributed by atoms with van der Waals surface area (Å²) in [6.07, 6.45) is 5.65. The van der Waals surface area contributed by atoms with Crippen LogP contribution in [0, 0.1) is 5.82 Å². The van der Waals surface area contributed by atoms with Crippen molar-refractivity contribution in [3.63, 3.8) is 0 Å². The van der Waals surface area contributed by atoms with Crippen molar-refractivity contribution >= 4 is 15.9 Å². The number of ether oxygens (including phenoxy) is 2. The molecule has 0 aromatic heterocycles. The average Bonchev–Trinajstić information content (AvgIpc) is 2.71. The van der Waals surface area contributed by atoms with Crippen LogP contribution < -0.4 is 9.46 Å². The molecule has 2 fully saturated rings. The van der Waals surface area contributed by atoms with Crippen LogP contribution in [-0.4, -0.2) is 63.4 Å². The molecule has 9 heteroatoms. The van der Waals surface area contributed by atoms with E-state index in [0.29, 0.717) is 30.7 Å². The molecular formula is C21H29FN2O5S. The fourth-order valence-corrected chi connectivity index (χ4v) is 5.82. The Morgan fingerprint density at radius 1 is 1.17 bits per heavy atom. The summed E-state index contributed by atoms with van der Waals surface area (Å²) in [6, 6.07) is 3.96. The molecule has 0 radical (unpaired) electrons. The van der Waals surface area contributed by atoms with Crippen LogP contribution in [0.15, 0.2) is 18.2 Å². The predicted octanol–water partition coefficient (Wildman–Crippen LogP) is 2.17. The van der Waals surface area contributed by atoms with Crippen LogP contribution in [-0.2, 0) is 19.6 Å². The van der Waals surface area contributed by atoms with Crippen molar-refractivity contribution in [2.24, 2.45) is 0 Å². The van der Waals surface area contributed by atoms with E-state index in [1.54, 1.807) is 17.0 Å². The van der Waals surface area contributed by atoms with Gasteiger partial charge < -0.3 is 14.4 Å². The quantitative estimate of drug-likeness (QED) is 0.762. The minimum absolute atomic E-state index is 0.0240. The third-order valence-corrected chi connectivity index (χ3v) is 7.14. The van der Waals surface area contributed by atoms with E-state index in [1.165, 1.54) is 6.07 Å². The summed E-state index contributed by atoms with van der Waals surface area (Å²) in [7, 11) is -3.42. The van der Waals surface area contributed by atoms with Crippen molar-refractivity contribution < 1.29 is 27.1 Å². The van der Waals surface area contributed by atoms with Crippen molar-refractivity contribution in [2.45, 2.75) is 62.6 Å². The fourth-order valence-electron chi connectivity index (χ4n) is 5.00. The molecule has 0 spiro atoms. The molecule has 1 saturated heterocycles. The molecular weight excluding hydrogens is 411 g/mol. The van der Waals surface area contributed by atoms with Gasteiger partial charge in [-0.2, -0.15) is 0 Å². The number of fused-ring (bicyclic) bond motifs is 5. The van der Waals surface area contributed by atoms with Crippen LogP contribution in [0.2, 0.25) is 0 Å². The largest absolute Gasteiger partial charge is 0.483 e. The second-order valence-corrected chi connectivity index (χ2v) is 10.3. The third-order valence-electron chi connectivity index (χ3n) is 6.41. The zero-order chi connectivity index (χ0) is 21.3. The highest BCUT2D eigenvalue weighted by molar-refractivity contribution is 7.88. The number of rotatable bonds is 2. The van der Waals surface area contributed by atoms with Crippen LogP contribution in [0.5, 0.6) is 5.75 Å². The number of amides is 1. The van der Waals surface area contributed by atoms with Crippen molar-refractivity contribution in [1.29, 1.82) is 0 Å². The molecule has 1 saturated carbocycles. The minimum atomic E-state index is -3.42. The third kappa shape index (κ3) is 4.78. The molecule has 1 amide bonds. The highest BCUT2D eigenvalue weighted by Gasteiger charge is 2.38. The summed E-state index contributed by atoms with van der Waals surface area (Å²) in [6.45, 7) is 0.575. The van der Waals surface area contributed by atoms with E-state index in [1.807, 2.05) is 0 Å². The lowest BCUT2D eigenvalue weighted by atomic mass is 9.82. The number of hydrogen-bond donors (Lipinski definition) is 1. The first kappa shape index (κ1) is 21.5. The Balaban J connectivity index is 1.63. The summed E-state index contributed by atoms with van der Waals surface area (Å²) in [5, 5.41) is 0. The molecule has 1 aliphatic carbocycles. The number of sulfonamides is 1. The lowest BCUT2D eigenvalue weighted by molar-refractivity contribution is -0.140. The van der Waals surface area contributed by atoms with Gasteiger partial charge in [-0.15, -0.1) is 0 Å². The number of piperidine rings is 1. The number of hydrogen-bond acceptors (Lipinski definition) is 5. The Morgan fingerprint density at radius 2 is 1.93 bits per heavy atom. The van der Waals surface area contributed by atoms with Gasteiger partial charge in [-0.25, -0.2) is 17.5 Å². The lowest BCUT2D eigenvalue weighted by Crippen LogP contribution is -2.59. The summed E-state index contributed by atoms with van der Waals surface area (Å²) >= 11 is 0. The Bertz CT molecular complexity index is 885. The van der Waals surface area contributed by atoms with E-state index in [4.69, 9.17) is 9.47 Å². The average molecular weight is 441 g/mol. The molecule has 4 aliphatic rings. The first-order valence-electron chi connectivity index (χ1n) is 10.6. The topological polar surface area (TPSA) is 84.9 Å². The van der Waals surface area contributed by atoms with E-state index >= 15 is 0 Å². The SMILES string of the molecule is CS(=O)(=O)NC1CCCN2C(=O)COc3cccc(F)c3C3CCC(CC3)OC[C@@H]12. The molecule has 2 bridgehead atoms. The van der Waals surface area contributed by atoms with E-state index in [9.17, 15) is 17.6 Å². The second kappa shape index (κ2) is 8.80. The van der Waals surface area contributed by atoms with Gasteiger partial charge in [0.25, 0.3) is 5.91 Å². The molecule has 3 aliphatic heterocycles. The number of carbonyl (C=O) groups is 1. The second-order valence-electron chi connectivity index (χ2n) is 8.54. The zero-order valence-corrected chi connectivity index (χ0v) is 18.0. The maximum atomic E-state index is 14.6. The van der Waals surface area contributed by atoms with Gasteiger partial charge in [0.1, 0.15) is 11.6 Å². The molecule has 2 atom stereocenters. The van der Waals surface area contributed by atoms with Crippen LogP contribution in [0.1, 0.15) is 50.0 Å². The Labute approximate surface area is 177 Å².